The number of benzene rings is 2. The molecule has 1 heterocycles. The van der Waals surface area contributed by atoms with Gasteiger partial charge in [0.25, 0.3) is 5.91 Å². The molecule has 3 rings (SSSR count). The minimum atomic E-state index is -0.160. The van der Waals surface area contributed by atoms with Crippen LogP contribution in [0, 0.1) is 18.3 Å². The standard InChI is InChI=1S/C21H22N2O3/c1-16-5-4-6-17(11-16)14-25-15-19-13-23(9-10-26-19)21(24)20-8-3-2-7-18(20)12-22/h2-8,11,19H,9-10,13-15H2,1H3. The van der Waals surface area contributed by atoms with Gasteiger partial charge in [-0.1, -0.05) is 42.0 Å². The van der Waals surface area contributed by atoms with Crippen molar-refractivity contribution in [2.45, 2.75) is 19.6 Å². The van der Waals surface area contributed by atoms with Crippen molar-refractivity contribution in [3.8, 4) is 6.07 Å². The maximum absolute atomic E-state index is 12.7. The van der Waals surface area contributed by atoms with Crippen molar-refractivity contribution in [3.63, 3.8) is 0 Å². The first-order valence-corrected chi connectivity index (χ1v) is 8.70. The predicted molar refractivity (Wildman–Crippen MR) is 97.6 cm³/mol. The number of nitriles is 1. The third kappa shape index (κ3) is 4.48. The Labute approximate surface area is 153 Å². The van der Waals surface area contributed by atoms with Crippen LogP contribution in [0.5, 0.6) is 0 Å². The number of carbonyl (C=O) groups excluding carboxylic acids is 1. The van der Waals surface area contributed by atoms with Crippen LogP contribution in [0.25, 0.3) is 0 Å². The molecule has 26 heavy (non-hydrogen) atoms. The van der Waals surface area contributed by atoms with E-state index in [0.717, 1.165) is 5.56 Å². The lowest BCUT2D eigenvalue weighted by Crippen LogP contribution is -2.47. The zero-order valence-corrected chi connectivity index (χ0v) is 14.9. The number of hydrogen-bond donors (Lipinski definition) is 0. The Hall–Kier alpha value is -2.68. The monoisotopic (exact) mass is 350 g/mol. The Morgan fingerprint density at radius 3 is 2.96 bits per heavy atom. The predicted octanol–water partition coefficient (Wildman–Crippen LogP) is 2.92. The number of hydrogen-bond acceptors (Lipinski definition) is 4. The Balaban J connectivity index is 1.55. The molecule has 0 radical (unpaired) electrons. The number of rotatable bonds is 5. The normalized spacial score (nSPS) is 16.9. The van der Waals surface area contributed by atoms with Crippen molar-refractivity contribution >= 4 is 5.91 Å². The summed E-state index contributed by atoms with van der Waals surface area (Å²) >= 11 is 0. The molecule has 0 aliphatic carbocycles. The maximum atomic E-state index is 12.7. The fourth-order valence-corrected chi connectivity index (χ4v) is 3.05. The van der Waals surface area contributed by atoms with Crippen molar-refractivity contribution in [3.05, 3.63) is 70.8 Å². The summed E-state index contributed by atoms with van der Waals surface area (Å²) in [6.07, 6.45) is -0.160. The van der Waals surface area contributed by atoms with Gasteiger partial charge in [-0.15, -0.1) is 0 Å². The van der Waals surface area contributed by atoms with Gasteiger partial charge in [0.1, 0.15) is 0 Å². The van der Waals surface area contributed by atoms with Crippen molar-refractivity contribution in [1.82, 2.24) is 4.90 Å². The molecule has 1 aliphatic rings. The molecule has 1 amide bonds. The molecule has 0 bridgehead atoms. The zero-order valence-electron chi connectivity index (χ0n) is 14.9. The van der Waals surface area contributed by atoms with E-state index in [9.17, 15) is 10.1 Å². The molecule has 0 aromatic heterocycles. The number of carbonyl (C=O) groups is 1. The van der Waals surface area contributed by atoms with Crippen molar-refractivity contribution in [2.24, 2.45) is 0 Å². The van der Waals surface area contributed by atoms with Crippen LogP contribution >= 0.6 is 0 Å². The van der Waals surface area contributed by atoms with Crippen LogP contribution in [0.1, 0.15) is 27.0 Å². The van der Waals surface area contributed by atoms with Gasteiger partial charge in [0, 0.05) is 13.1 Å². The molecule has 1 saturated heterocycles. The van der Waals surface area contributed by atoms with E-state index in [0.29, 0.717) is 44.0 Å². The first kappa shape index (κ1) is 18.1. The van der Waals surface area contributed by atoms with E-state index in [1.54, 1.807) is 29.2 Å². The summed E-state index contributed by atoms with van der Waals surface area (Å²) in [5.41, 5.74) is 3.16. The molecule has 0 spiro atoms. The molecule has 1 fully saturated rings. The lowest BCUT2D eigenvalue weighted by atomic mass is 10.1. The number of morpholine rings is 1. The summed E-state index contributed by atoms with van der Waals surface area (Å²) in [5.74, 6) is -0.130. The third-order valence-corrected chi connectivity index (χ3v) is 4.36. The van der Waals surface area contributed by atoms with E-state index in [-0.39, 0.29) is 12.0 Å². The van der Waals surface area contributed by atoms with Crippen LogP contribution in [-0.2, 0) is 16.1 Å². The summed E-state index contributed by atoms with van der Waals surface area (Å²) in [5, 5.41) is 9.20. The van der Waals surface area contributed by atoms with Crippen LogP contribution in [-0.4, -0.2) is 43.2 Å². The Morgan fingerprint density at radius 1 is 1.31 bits per heavy atom. The maximum Gasteiger partial charge on any atom is 0.255 e. The van der Waals surface area contributed by atoms with Gasteiger partial charge in [-0.25, -0.2) is 0 Å². The average molecular weight is 350 g/mol. The average Bonchev–Trinajstić information content (AvgIpc) is 2.68. The second-order valence-electron chi connectivity index (χ2n) is 6.41. The highest BCUT2D eigenvalue weighted by Gasteiger charge is 2.26. The first-order chi connectivity index (χ1) is 12.7. The van der Waals surface area contributed by atoms with E-state index in [4.69, 9.17) is 9.47 Å². The highest BCUT2D eigenvalue weighted by molar-refractivity contribution is 5.96. The van der Waals surface area contributed by atoms with Gasteiger partial charge in [0.2, 0.25) is 0 Å². The molecule has 5 nitrogen and oxygen atoms in total. The fourth-order valence-electron chi connectivity index (χ4n) is 3.05. The van der Waals surface area contributed by atoms with Crippen LogP contribution in [0.4, 0.5) is 0 Å². The van der Waals surface area contributed by atoms with Gasteiger partial charge < -0.3 is 14.4 Å². The second-order valence-corrected chi connectivity index (χ2v) is 6.41. The summed E-state index contributed by atoms with van der Waals surface area (Å²) < 4.78 is 11.5. The summed E-state index contributed by atoms with van der Waals surface area (Å²) in [6, 6.07) is 17.2. The van der Waals surface area contributed by atoms with Gasteiger partial charge >= 0.3 is 0 Å². The Kier molecular flexibility index (Phi) is 6.00. The minimum absolute atomic E-state index is 0.130. The molecular formula is C21H22N2O3. The van der Waals surface area contributed by atoms with Crippen LogP contribution in [0.3, 0.4) is 0 Å². The molecule has 2 aromatic carbocycles. The Bertz CT molecular complexity index is 813. The van der Waals surface area contributed by atoms with Gasteiger partial charge in [0.15, 0.2) is 0 Å². The molecule has 0 saturated carbocycles. The van der Waals surface area contributed by atoms with E-state index < -0.39 is 0 Å². The SMILES string of the molecule is Cc1cccc(COCC2CN(C(=O)c3ccccc3C#N)CCO2)c1. The van der Waals surface area contributed by atoms with Gasteiger partial charge in [-0.2, -0.15) is 5.26 Å². The smallest absolute Gasteiger partial charge is 0.255 e. The number of nitrogens with zero attached hydrogens (tertiary/aromatic N) is 2. The summed E-state index contributed by atoms with van der Waals surface area (Å²) in [6.45, 7) is 4.46. The quantitative estimate of drug-likeness (QED) is 0.832. The topological polar surface area (TPSA) is 62.6 Å². The molecule has 1 atom stereocenters. The van der Waals surface area contributed by atoms with E-state index >= 15 is 0 Å². The van der Waals surface area contributed by atoms with E-state index in [1.807, 2.05) is 12.1 Å². The van der Waals surface area contributed by atoms with Crippen molar-refractivity contribution < 1.29 is 14.3 Å². The van der Waals surface area contributed by atoms with E-state index in [1.165, 1.54) is 5.56 Å². The first-order valence-electron chi connectivity index (χ1n) is 8.70. The van der Waals surface area contributed by atoms with Crippen LogP contribution < -0.4 is 0 Å². The summed E-state index contributed by atoms with van der Waals surface area (Å²) in [7, 11) is 0. The van der Waals surface area contributed by atoms with Crippen molar-refractivity contribution in [1.29, 1.82) is 5.26 Å². The molecule has 1 aliphatic heterocycles. The second kappa shape index (κ2) is 8.61. The Morgan fingerprint density at radius 2 is 2.15 bits per heavy atom. The number of amides is 1. The van der Waals surface area contributed by atoms with Gasteiger partial charge in [-0.05, 0) is 24.6 Å². The molecular weight excluding hydrogens is 328 g/mol. The molecule has 5 heteroatoms. The molecule has 134 valence electrons. The number of ether oxygens (including phenoxy) is 2. The molecule has 0 N–H and O–H groups in total. The van der Waals surface area contributed by atoms with Gasteiger partial charge in [-0.3, -0.25) is 4.79 Å². The van der Waals surface area contributed by atoms with E-state index in [2.05, 4.69) is 25.1 Å². The largest absolute Gasteiger partial charge is 0.374 e. The highest BCUT2D eigenvalue weighted by atomic mass is 16.5. The molecule has 1 unspecified atom stereocenters. The fraction of sp³-hybridized carbons (Fsp3) is 0.333. The minimum Gasteiger partial charge on any atom is -0.374 e. The van der Waals surface area contributed by atoms with Crippen LogP contribution in [0.2, 0.25) is 0 Å². The highest BCUT2D eigenvalue weighted by Crippen LogP contribution is 2.15. The third-order valence-electron chi connectivity index (χ3n) is 4.36. The number of aryl methyl sites for hydroxylation is 1. The van der Waals surface area contributed by atoms with Crippen molar-refractivity contribution in [2.75, 3.05) is 26.3 Å². The lowest BCUT2D eigenvalue weighted by molar-refractivity contribution is -0.0647. The zero-order chi connectivity index (χ0) is 18.4. The van der Waals surface area contributed by atoms with Gasteiger partial charge in [0.05, 0.1) is 43.1 Å². The van der Waals surface area contributed by atoms with Crippen LogP contribution in [0.15, 0.2) is 48.5 Å². The lowest BCUT2D eigenvalue weighted by Gasteiger charge is -2.33. The summed E-state index contributed by atoms with van der Waals surface area (Å²) in [4.78, 5) is 14.5. The molecule has 2 aromatic rings.